The second-order valence-electron chi connectivity index (χ2n) is 5.48. The summed E-state index contributed by atoms with van der Waals surface area (Å²) in [5, 5.41) is 5.97. The van der Waals surface area contributed by atoms with Crippen molar-refractivity contribution in [2.24, 2.45) is 0 Å². The minimum atomic E-state index is -4.76. The summed E-state index contributed by atoms with van der Waals surface area (Å²) in [5.74, 6) is -1.52. The molecule has 152 valence electrons. The van der Waals surface area contributed by atoms with Crippen molar-refractivity contribution >= 4 is 39.9 Å². The van der Waals surface area contributed by atoms with Crippen LogP contribution in [0.3, 0.4) is 0 Å². The molecule has 12 heteroatoms. The van der Waals surface area contributed by atoms with E-state index >= 15 is 0 Å². The molecule has 0 unspecified atom stereocenters. The number of carbonyl (C=O) groups excluding carboxylic acids is 2. The van der Waals surface area contributed by atoms with E-state index in [0.717, 1.165) is 16.0 Å². The molecule has 0 aliphatic carbocycles. The second kappa shape index (κ2) is 8.21. The van der Waals surface area contributed by atoms with Crippen LogP contribution < -0.4 is 5.32 Å². The van der Waals surface area contributed by atoms with Crippen molar-refractivity contribution < 1.29 is 27.5 Å². The lowest BCUT2D eigenvalue weighted by Crippen LogP contribution is -2.17. The van der Waals surface area contributed by atoms with Gasteiger partial charge < -0.3 is 4.74 Å². The molecule has 1 N–H and O–H groups in total. The Kier molecular flexibility index (Phi) is 5.89. The minimum Gasteiger partial charge on any atom is -0.462 e. The number of rotatable bonds is 5. The molecular formula is C17H12ClF3N4O3S. The molecule has 1 amide bonds. The highest BCUT2D eigenvalue weighted by Gasteiger charge is 2.36. The highest BCUT2D eigenvalue weighted by molar-refractivity contribution is 7.17. The van der Waals surface area contributed by atoms with Gasteiger partial charge in [-0.2, -0.15) is 18.3 Å². The first-order chi connectivity index (χ1) is 13.7. The zero-order valence-corrected chi connectivity index (χ0v) is 16.2. The van der Waals surface area contributed by atoms with Crippen LogP contribution in [0.25, 0.3) is 5.69 Å². The first kappa shape index (κ1) is 20.8. The van der Waals surface area contributed by atoms with E-state index in [-0.39, 0.29) is 27.3 Å². The molecule has 0 bridgehead atoms. The summed E-state index contributed by atoms with van der Waals surface area (Å²) in [6, 6.07) is 6.63. The molecule has 0 radical (unpaired) electrons. The summed E-state index contributed by atoms with van der Waals surface area (Å²) in [6.45, 7) is 1.80. The summed E-state index contributed by atoms with van der Waals surface area (Å²) in [7, 11) is 0. The maximum Gasteiger partial charge on any atom is 0.435 e. The van der Waals surface area contributed by atoms with Gasteiger partial charge in [0, 0.05) is 6.07 Å². The van der Waals surface area contributed by atoms with Crippen molar-refractivity contribution in [3.05, 3.63) is 57.8 Å². The molecule has 0 atom stereocenters. The Morgan fingerprint density at radius 2 is 2.03 bits per heavy atom. The third kappa shape index (κ3) is 4.57. The van der Waals surface area contributed by atoms with Gasteiger partial charge in [0.1, 0.15) is 10.6 Å². The summed E-state index contributed by atoms with van der Waals surface area (Å²) in [5.41, 5.74) is -1.56. The number of para-hydroxylation sites is 1. The Hall–Kier alpha value is -2.92. The lowest BCUT2D eigenvalue weighted by Gasteiger charge is -2.08. The number of amides is 1. The highest BCUT2D eigenvalue weighted by Crippen LogP contribution is 2.31. The number of hydrogen-bond acceptors (Lipinski definition) is 6. The minimum absolute atomic E-state index is 0.0125. The summed E-state index contributed by atoms with van der Waals surface area (Å²) >= 11 is 6.88. The SMILES string of the molecule is CCOC(=O)c1cnc(NC(=O)c2cc(C(F)(F)F)nn2-c2ccccc2Cl)s1. The number of hydrogen-bond donors (Lipinski definition) is 1. The lowest BCUT2D eigenvalue weighted by molar-refractivity contribution is -0.141. The fraction of sp³-hybridized carbons (Fsp3) is 0.176. The summed E-state index contributed by atoms with van der Waals surface area (Å²) < 4.78 is 45.1. The number of ether oxygens (including phenoxy) is 1. The van der Waals surface area contributed by atoms with Gasteiger partial charge in [-0.25, -0.2) is 14.5 Å². The van der Waals surface area contributed by atoms with Gasteiger partial charge in [0.05, 0.1) is 23.5 Å². The predicted molar refractivity (Wildman–Crippen MR) is 99.6 cm³/mol. The van der Waals surface area contributed by atoms with Crippen LogP contribution in [-0.4, -0.2) is 33.2 Å². The van der Waals surface area contributed by atoms with Gasteiger partial charge in [0.15, 0.2) is 10.8 Å². The van der Waals surface area contributed by atoms with Crippen LogP contribution in [0.15, 0.2) is 36.5 Å². The normalized spacial score (nSPS) is 11.3. The fourth-order valence-corrected chi connectivity index (χ4v) is 3.20. The molecule has 3 rings (SSSR count). The van der Waals surface area contributed by atoms with Crippen LogP contribution in [0.1, 0.15) is 32.8 Å². The van der Waals surface area contributed by atoms with E-state index in [1.165, 1.54) is 18.3 Å². The van der Waals surface area contributed by atoms with Crippen LogP contribution in [-0.2, 0) is 10.9 Å². The molecule has 29 heavy (non-hydrogen) atoms. The van der Waals surface area contributed by atoms with Crippen LogP contribution in [0.2, 0.25) is 5.02 Å². The maximum atomic E-state index is 13.2. The Bertz CT molecular complexity index is 1060. The molecule has 2 heterocycles. The molecule has 1 aromatic carbocycles. The Labute approximate surface area is 171 Å². The topological polar surface area (TPSA) is 86.1 Å². The van der Waals surface area contributed by atoms with E-state index in [1.54, 1.807) is 19.1 Å². The Morgan fingerprint density at radius 1 is 1.31 bits per heavy atom. The highest BCUT2D eigenvalue weighted by atomic mass is 35.5. The average molecular weight is 445 g/mol. The maximum absolute atomic E-state index is 13.2. The van der Waals surface area contributed by atoms with Gasteiger partial charge in [0.2, 0.25) is 0 Å². The van der Waals surface area contributed by atoms with Crippen molar-refractivity contribution in [1.82, 2.24) is 14.8 Å². The first-order valence-electron chi connectivity index (χ1n) is 8.07. The first-order valence-corrected chi connectivity index (χ1v) is 9.26. The number of benzene rings is 1. The van der Waals surface area contributed by atoms with Crippen LogP contribution >= 0.6 is 22.9 Å². The van der Waals surface area contributed by atoms with Crippen molar-refractivity contribution in [1.29, 1.82) is 0 Å². The van der Waals surface area contributed by atoms with E-state index in [4.69, 9.17) is 16.3 Å². The van der Waals surface area contributed by atoms with Crippen LogP contribution in [0, 0.1) is 0 Å². The monoisotopic (exact) mass is 444 g/mol. The number of nitrogens with zero attached hydrogens (tertiary/aromatic N) is 3. The van der Waals surface area contributed by atoms with Gasteiger partial charge in [-0.05, 0) is 19.1 Å². The van der Waals surface area contributed by atoms with Crippen molar-refractivity contribution in [3.63, 3.8) is 0 Å². The van der Waals surface area contributed by atoms with Crippen molar-refractivity contribution in [2.45, 2.75) is 13.1 Å². The number of halogens is 4. The van der Waals surface area contributed by atoms with Gasteiger partial charge in [0.25, 0.3) is 5.91 Å². The quantitative estimate of drug-likeness (QED) is 0.588. The molecule has 0 aliphatic heterocycles. The number of anilines is 1. The number of aromatic nitrogens is 3. The number of alkyl halides is 3. The van der Waals surface area contributed by atoms with E-state index in [2.05, 4.69) is 15.4 Å². The standard InChI is InChI=1S/C17H12ClF3N4O3S/c1-2-28-15(27)12-8-22-16(29-12)23-14(26)11-7-13(17(19,20)21)24-25(11)10-6-4-3-5-9(10)18/h3-8H,2H2,1H3,(H,22,23,26). The van der Waals surface area contributed by atoms with E-state index < -0.39 is 29.4 Å². The zero-order valence-electron chi connectivity index (χ0n) is 14.7. The number of carbonyl (C=O) groups is 2. The lowest BCUT2D eigenvalue weighted by atomic mass is 10.3. The van der Waals surface area contributed by atoms with E-state index in [0.29, 0.717) is 6.07 Å². The third-order valence-electron chi connectivity index (χ3n) is 3.52. The number of esters is 1. The molecule has 3 aromatic rings. The smallest absolute Gasteiger partial charge is 0.435 e. The average Bonchev–Trinajstić information content (AvgIpc) is 3.29. The molecule has 0 saturated carbocycles. The van der Waals surface area contributed by atoms with Crippen LogP contribution in [0.5, 0.6) is 0 Å². The molecule has 0 spiro atoms. The van der Waals surface area contributed by atoms with Crippen LogP contribution in [0.4, 0.5) is 18.3 Å². The van der Waals surface area contributed by atoms with Crippen molar-refractivity contribution in [2.75, 3.05) is 11.9 Å². The number of thiazole rings is 1. The summed E-state index contributed by atoms with van der Waals surface area (Å²) in [4.78, 5) is 28.3. The number of nitrogens with one attached hydrogen (secondary N) is 1. The predicted octanol–water partition coefficient (Wildman–Crippen LogP) is 4.43. The van der Waals surface area contributed by atoms with E-state index in [9.17, 15) is 22.8 Å². The van der Waals surface area contributed by atoms with Gasteiger partial charge in [-0.1, -0.05) is 35.1 Å². The molecular weight excluding hydrogens is 433 g/mol. The zero-order chi connectivity index (χ0) is 21.2. The summed E-state index contributed by atoms with van der Waals surface area (Å²) in [6.07, 6.45) is -3.56. The molecule has 2 aromatic heterocycles. The molecule has 0 saturated heterocycles. The van der Waals surface area contributed by atoms with Crippen molar-refractivity contribution in [3.8, 4) is 5.69 Å². The van der Waals surface area contributed by atoms with E-state index in [1.807, 2.05) is 0 Å². The molecule has 0 fully saturated rings. The largest absolute Gasteiger partial charge is 0.462 e. The Balaban J connectivity index is 1.95. The molecule has 0 aliphatic rings. The van der Waals surface area contributed by atoms with Gasteiger partial charge in [-0.15, -0.1) is 0 Å². The van der Waals surface area contributed by atoms with Gasteiger partial charge in [-0.3, -0.25) is 10.1 Å². The fourth-order valence-electron chi connectivity index (χ4n) is 2.28. The molecule has 7 nitrogen and oxygen atoms in total. The Morgan fingerprint density at radius 3 is 2.69 bits per heavy atom. The third-order valence-corrected chi connectivity index (χ3v) is 4.73. The van der Waals surface area contributed by atoms with Gasteiger partial charge >= 0.3 is 12.1 Å². The second-order valence-corrected chi connectivity index (χ2v) is 6.92.